The maximum absolute atomic E-state index is 14.4. The van der Waals surface area contributed by atoms with Gasteiger partial charge < -0.3 is 19.9 Å². The Bertz CT molecular complexity index is 2430. The summed E-state index contributed by atoms with van der Waals surface area (Å²) >= 11 is 6.77. The van der Waals surface area contributed by atoms with Crippen LogP contribution in [0.4, 0.5) is 28.2 Å². The van der Waals surface area contributed by atoms with Crippen molar-refractivity contribution in [2.24, 2.45) is 0 Å². The summed E-state index contributed by atoms with van der Waals surface area (Å²) in [6, 6.07) is 11.0. The first-order valence-corrected chi connectivity index (χ1v) is 19.1. The fourth-order valence-electron chi connectivity index (χ4n) is 6.17. The largest absolute Gasteiger partial charge is 0.497 e. The van der Waals surface area contributed by atoms with Crippen LogP contribution >= 0.6 is 11.6 Å². The van der Waals surface area contributed by atoms with Gasteiger partial charge in [0.15, 0.2) is 5.82 Å². The van der Waals surface area contributed by atoms with Crippen LogP contribution in [0, 0.1) is 11.6 Å². The number of aromatic hydroxyl groups is 1. The minimum Gasteiger partial charge on any atom is -0.497 e. The number of halogens is 5. The van der Waals surface area contributed by atoms with E-state index in [9.17, 15) is 40.7 Å². The van der Waals surface area contributed by atoms with E-state index < -0.39 is 81.3 Å². The first-order valence-electron chi connectivity index (χ1n) is 17.2. The summed E-state index contributed by atoms with van der Waals surface area (Å²) in [6.45, 7) is 3.39. The molecular weight excluding hydrogens is 784 g/mol. The number of ether oxygens (including phenoxy) is 2. The lowest BCUT2D eigenvalue weighted by atomic mass is 10.0. The molecule has 0 spiro atoms. The van der Waals surface area contributed by atoms with Crippen molar-refractivity contribution in [2.45, 2.75) is 76.4 Å². The first-order chi connectivity index (χ1) is 26.3. The Morgan fingerprint density at radius 1 is 1.05 bits per heavy atom. The van der Waals surface area contributed by atoms with Crippen molar-refractivity contribution in [1.29, 1.82) is 0 Å². The number of amides is 1. The molecule has 0 radical (unpaired) electrons. The number of hydrogen-bond acceptors (Lipinski definition) is 9. The molecule has 1 aliphatic rings. The highest BCUT2D eigenvalue weighted by molar-refractivity contribution is 7.93. The van der Waals surface area contributed by atoms with Gasteiger partial charge in [-0.3, -0.25) is 14.0 Å². The summed E-state index contributed by atoms with van der Waals surface area (Å²) < 4.78 is 98.9. The number of carbonyl (C=O) groups excluding carboxylic acids is 1. The highest BCUT2D eigenvalue weighted by Gasteiger charge is 2.42. The van der Waals surface area contributed by atoms with Crippen molar-refractivity contribution in [1.82, 2.24) is 24.6 Å². The van der Waals surface area contributed by atoms with Gasteiger partial charge in [0.1, 0.15) is 35.4 Å². The molecule has 2 N–H and O–H groups in total. The molecule has 5 aromatic rings. The van der Waals surface area contributed by atoms with Crippen molar-refractivity contribution in [3.05, 3.63) is 105 Å². The van der Waals surface area contributed by atoms with Gasteiger partial charge in [-0.15, -0.1) is 0 Å². The predicted molar refractivity (Wildman–Crippen MR) is 199 cm³/mol. The minimum atomic E-state index is -4.16. The lowest BCUT2D eigenvalue weighted by Crippen LogP contribution is -2.38. The SMILES string of the molecule is COc1ccc(CN(c2nn(CC(F)F)c3c(-n4c(C(Cc5cc(F)cc(F)c5)NC(=O)OC(C)(C)C)nc(O)cc4=O)ccc(Cl)c23)S(=O)(=O)C2CC2)cc1. The van der Waals surface area contributed by atoms with E-state index in [1.165, 1.54) is 19.2 Å². The zero-order valence-corrected chi connectivity index (χ0v) is 32.0. The molecule has 13 nitrogen and oxygen atoms in total. The van der Waals surface area contributed by atoms with E-state index in [4.69, 9.17) is 21.1 Å². The molecule has 0 bridgehead atoms. The molecule has 1 fully saturated rings. The predicted octanol–water partition coefficient (Wildman–Crippen LogP) is 6.80. The number of nitrogens with one attached hydrogen (secondary N) is 1. The van der Waals surface area contributed by atoms with Crippen LogP contribution in [0.2, 0.25) is 5.02 Å². The van der Waals surface area contributed by atoms with E-state index in [0.717, 1.165) is 31.8 Å². The molecule has 2 aromatic heterocycles. The molecule has 3 aromatic carbocycles. The van der Waals surface area contributed by atoms with Crippen LogP contribution in [-0.2, 0) is 34.3 Å². The summed E-state index contributed by atoms with van der Waals surface area (Å²) in [6.07, 6.45) is -3.78. The zero-order valence-electron chi connectivity index (χ0n) is 30.5. The summed E-state index contributed by atoms with van der Waals surface area (Å²) in [4.78, 5) is 31.3. The van der Waals surface area contributed by atoms with Crippen molar-refractivity contribution in [2.75, 3.05) is 11.4 Å². The summed E-state index contributed by atoms with van der Waals surface area (Å²) in [7, 11) is -2.69. The average molecular weight is 821 g/mol. The number of benzene rings is 3. The maximum atomic E-state index is 14.4. The Morgan fingerprint density at radius 3 is 2.30 bits per heavy atom. The lowest BCUT2D eigenvalue weighted by Gasteiger charge is -2.25. The molecule has 1 saturated carbocycles. The molecule has 1 unspecified atom stereocenters. The van der Waals surface area contributed by atoms with Crippen LogP contribution in [0.3, 0.4) is 0 Å². The third-order valence-corrected chi connectivity index (χ3v) is 11.2. The fourth-order valence-corrected chi connectivity index (χ4v) is 8.20. The van der Waals surface area contributed by atoms with E-state index in [0.29, 0.717) is 30.2 Å². The average Bonchev–Trinajstić information content (AvgIpc) is 3.89. The standard InChI is InChI=1S/C37H37ClF4N6O7S/c1-37(2,3)55-36(51)43-27(15-21-13-22(39)16-23(40)14-21)34-44-30(49)17-31(50)48(34)28-12-11-26(38)32-33(28)46(19-29(41)42)45-35(32)47(56(52,53)25-9-10-25)18-20-5-7-24(54-4)8-6-20/h5-8,11-14,16-17,25,27,29,49H,9-10,15,18-19H2,1-4H3,(H,43,51). The van der Waals surface area contributed by atoms with Gasteiger partial charge in [0, 0.05) is 12.5 Å². The Kier molecular flexibility index (Phi) is 11.3. The Morgan fingerprint density at radius 2 is 1.71 bits per heavy atom. The topological polar surface area (TPSA) is 158 Å². The van der Waals surface area contributed by atoms with Crippen molar-refractivity contribution in [3.63, 3.8) is 0 Å². The van der Waals surface area contributed by atoms with Crippen molar-refractivity contribution >= 4 is 44.4 Å². The van der Waals surface area contributed by atoms with Gasteiger partial charge in [-0.2, -0.15) is 10.1 Å². The number of methoxy groups -OCH3 is 1. The number of aromatic nitrogens is 4. The van der Waals surface area contributed by atoms with Gasteiger partial charge in [-0.05, 0) is 81.1 Å². The fraction of sp³-hybridized carbons (Fsp3) is 0.351. The molecule has 56 heavy (non-hydrogen) atoms. The number of fused-ring (bicyclic) bond motifs is 1. The van der Waals surface area contributed by atoms with E-state index in [1.807, 2.05) is 0 Å². The number of alkyl carbamates (subject to hydrolysis) is 1. The zero-order chi connectivity index (χ0) is 40.7. The summed E-state index contributed by atoms with van der Waals surface area (Å²) in [5, 5.41) is 16.6. The van der Waals surface area contributed by atoms with Gasteiger partial charge in [0.25, 0.3) is 12.0 Å². The van der Waals surface area contributed by atoms with Crippen LogP contribution < -0.4 is 19.9 Å². The molecule has 1 amide bonds. The highest BCUT2D eigenvalue weighted by atomic mass is 35.5. The second kappa shape index (κ2) is 15.6. The minimum absolute atomic E-state index is 0.00145. The van der Waals surface area contributed by atoms with Gasteiger partial charge in [0.2, 0.25) is 15.9 Å². The van der Waals surface area contributed by atoms with Crippen molar-refractivity contribution < 1.29 is 45.4 Å². The summed E-state index contributed by atoms with van der Waals surface area (Å²) in [5.74, 6) is -2.90. The highest BCUT2D eigenvalue weighted by Crippen LogP contribution is 2.42. The Hall–Kier alpha value is -5.36. The number of hydrogen-bond donors (Lipinski definition) is 2. The number of anilines is 1. The second-order valence-corrected chi connectivity index (χ2v) is 16.7. The number of carbonyl (C=O) groups is 1. The van der Waals surface area contributed by atoms with Gasteiger partial charge in [0.05, 0.1) is 52.6 Å². The molecule has 0 aliphatic heterocycles. The van der Waals surface area contributed by atoms with Crippen LogP contribution in [0.5, 0.6) is 11.6 Å². The van der Waals surface area contributed by atoms with E-state index in [2.05, 4.69) is 15.4 Å². The molecule has 6 rings (SSSR count). The van der Waals surface area contributed by atoms with E-state index in [-0.39, 0.29) is 39.5 Å². The van der Waals surface area contributed by atoms with Crippen LogP contribution in [-0.4, -0.2) is 63.3 Å². The molecular formula is C37H37ClF4N6O7S. The van der Waals surface area contributed by atoms with Crippen LogP contribution in [0.15, 0.2) is 65.5 Å². The van der Waals surface area contributed by atoms with Gasteiger partial charge >= 0.3 is 6.09 Å². The number of alkyl halides is 2. The molecule has 19 heteroatoms. The van der Waals surface area contributed by atoms with Crippen molar-refractivity contribution in [3.8, 4) is 17.3 Å². The van der Waals surface area contributed by atoms with E-state index >= 15 is 0 Å². The Balaban J connectivity index is 1.61. The first kappa shape index (κ1) is 40.3. The molecule has 1 aliphatic carbocycles. The van der Waals surface area contributed by atoms with E-state index in [1.54, 1.807) is 45.0 Å². The third-order valence-electron chi connectivity index (χ3n) is 8.63. The Labute approximate surface area is 323 Å². The normalized spacial score (nSPS) is 13.9. The smallest absolute Gasteiger partial charge is 0.408 e. The molecule has 0 saturated heterocycles. The maximum Gasteiger partial charge on any atom is 0.408 e. The number of sulfonamides is 1. The number of nitrogens with zero attached hydrogens (tertiary/aromatic N) is 5. The van der Waals surface area contributed by atoms with Gasteiger partial charge in [-0.1, -0.05) is 23.7 Å². The quantitative estimate of drug-likeness (QED) is 0.122. The molecule has 2 heterocycles. The van der Waals surface area contributed by atoms with Gasteiger partial charge in [-0.25, -0.2) is 35.1 Å². The second-order valence-electron chi connectivity index (χ2n) is 14.1. The third kappa shape index (κ3) is 8.86. The monoisotopic (exact) mass is 820 g/mol. The summed E-state index contributed by atoms with van der Waals surface area (Å²) in [5.41, 5.74) is -1.93. The molecule has 298 valence electrons. The van der Waals surface area contributed by atoms with Crippen LogP contribution in [0.25, 0.3) is 16.6 Å². The molecule has 1 atom stereocenters. The van der Waals surface area contributed by atoms with Crippen LogP contribution in [0.1, 0.15) is 56.6 Å². The lowest BCUT2D eigenvalue weighted by molar-refractivity contribution is 0.0500. The number of rotatable bonds is 13.